The monoisotopic (exact) mass is 358 g/mol. The zero-order chi connectivity index (χ0) is 17.6. The smallest absolute Gasteiger partial charge is 0.224 e. The van der Waals surface area contributed by atoms with E-state index in [0.29, 0.717) is 17.9 Å². The zero-order valence-electron chi connectivity index (χ0n) is 14.4. The second kappa shape index (κ2) is 8.26. The van der Waals surface area contributed by atoms with Crippen molar-refractivity contribution in [3.05, 3.63) is 53.1 Å². The topological polar surface area (TPSA) is 41.6 Å². The number of nitrogens with one attached hydrogen (secondary N) is 1. The van der Waals surface area contributed by atoms with Gasteiger partial charge in [0, 0.05) is 24.5 Å². The quantitative estimate of drug-likeness (QED) is 0.825. The number of halogens is 1. The van der Waals surface area contributed by atoms with Crippen molar-refractivity contribution in [3.8, 4) is 5.75 Å². The van der Waals surface area contributed by atoms with E-state index in [-0.39, 0.29) is 5.91 Å². The van der Waals surface area contributed by atoms with Crippen molar-refractivity contribution in [1.82, 2.24) is 0 Å². The molecule has 0 unspecified atom stereocenters. The molecule has 1 amide bonds. The van der Waals surface area contributed by atoms with Gasteiger partial charge in [0.25, 0.3) is 0 Å². The number of carbonyl (C=O) groups is 1. The Hall–Kier alpha value is -2.20. The van der Waals surface area contributed by atoms with E-state index in [1.54, 1.807) is 7.11 Å². The van der Waals surface area contributed by atoms with Gasteiger partial charge in [-0.2, -0.15) is 0 Å². The third-order valence-corrected chi connectivity index (χ3v) is 4.71. The molecule has 5 heteroatoms. The molecular formula is C20H23ClN2O2. The lowest BCUT2D eigenvalue weighted by Gasteiger charge is -2.22. The molecule has 0 aromatic heterocycles. The van der Waals surface area contributed by atoms with Gasteiger partial charge in [-0.1, -0.05) is 23.7 Å². The van der Waals surface area contributed by atoms with Gasteiger partial charge in [-0.15, -0.1) is 0 Å². The van der Waals surface area contributed by atoms with E-state index in [0.717, 1.165) is 35.8 Å². The van der Waals surface area contributed by atoms with E-state index in [4.69, 9.17) is 16.3 Å². The van der Waals surface area contributed by atoms with Crippen LogP contribution in [-0.2, 0) is 11.2 Å². The Bertz CT molecular complexity index is 725. The van der Waals surface area contributed by atoms with Gasteiger partial charge in [-0.05, 0) is 55.2 Å². The zero-order valence-corrected chi connectivity index (χ0v) is 15.2. The van der Waals surface area contributed by atoms with Crippen LogP contribution >= 0.6 is 11.6 Å². The van der Waals surface area contributed by atoms with Crippen molar-refractivity contribution in [2.24, 2.45) is 0 Å². The molecule has 1 aliphatic heterocycles. The molecule has 0 radical (unpaired) electrons. The second-order valence-electron chi connectivity index (χ2n) is 6.25. The number of ether oxygens (including phenoxy) is 1. The molecular weight excluding hydrogens is 336 g/mol. The van der Waals surface area contributed by atoms with Gasteiger partial charge < -0.3 is 15.0 Å². The molecule has 0 aliphatic carbocycles. The van der Waals surface area contributed by atoms with Crippen LogP contribution in [0.15, 0.2) is 42.5 Å². The van der Waals surface area contributed by atoms with E-state index < -0.39 is 0 Å². The number of rotatable bonds is 6. The normalized spacial score (nSPS) is 13.8. The third-order valence-electron chi connectivity index (χ3n) is 4.48. The van der Waals surface area contributed by atoms with Gasteiger partial charge in [0.2, 0.25) is 5.91 Å². The number of aryl methyl sites for hydroxylation is 1. The summed E-state index contributed by atoms with van der Waals surface area (Å²) in [6.07, 6.45) is 3.49. The number of hydrogen-bond donors (Lipinski definition) is 1. The Morgan fingerprint density at radius 3 is 2.56 bits per heavy atom. The van der Waals surface area contributed by atoms with E-state index >= 15 is 0 Å². The van der Waals surface area contributed by atoms with Crippen LogP contribution in [0.4, 0.5) is 11.4 Å². The molecule has 0 spiro atoms. The van der Waals surface area contributed by atoms with Gasteiger partial charge in [0.15, 0.2) is 0 Å². The van der Waals surface area contributed by atoms with Crippen LogP contribution in [-0.4, -0.2) is 26.1 Å². The summed E-state index contributed by atoms with van der Waals surface area (Å²) in [5, 5.41) is 3.66. The number of hydrogen-bond acceptors (Lipinski definition) is 3. The molecule has 3 rings (SSSR count). The summed E-state index contributed by atoms with van der Waals surface area (Å²) in [5.74, 6) is 0.820. The number of benzene rings is 2. The van der Waals surface area contributed by atoms with Crippen LogP contribution in [0.25, 0.3) is 0 Å². The number of nitrogens with zero attached hydrogens (tertiary/aromatic N) is 1. The largest absolute Gasteiger partial charge is 0.497 e. The number of amides is 1. The van der Waals surface area contributed by atoms with Gasteiger partial charge in [-0.3, -0.25) is 4.79 Å². The minimum absolute atomic E-state index is 0.00136. The minimum atomic E-state index is -0.00136. The number of methoxy groups -OCH3 is 1. The molecule has 2 aromatic rings. The maximum atomic E-state index is 12.4. The average Bonchev–Trinajstić information content (AvgIpc) is 3.15. The molecule has 1 fully saturated rings. The summed E-state index contributed by atoms with van der Waals surface area (Å²) in [6, 6.07) is 13.5. The Morgan fingerprint density at radius 2 is 1.88 bits per heavy atom. The van der Waals surface area contributed by atoms with E-state index in [9.17, 15) is 4.79 Å². The van der Waals surface area contributed by atoms with Crippen LogP contribution < -0.4 is 15.0 Å². The first-order chi connectivity index (χ1) is 12.2. The Kier molecular flexibility index (Phi) is 5.82. The van der Waals surface area contributed by atoms with Crippen LogP contribution in [0.2, 0.25) is 5.02 Å². The summed E-state index contributed by atoms with van der Waals surface area (Å²) < 4.78 is 5.15. The van der Waals surface area contributed by atoms with Crippen molar-refractivity contribution in [1.29, 1.82) is 0 Å². The lowest BCUT2D eigenvalue weighted by atomic mass is 10.1. The first kappa shape index (κ1) is 17.6. The van der Waals surface area contributed by atoms with Gasteiger partial charge >= 0.3 is 0 Å². The fourth-order valence-electron chi connectivity index (χ4n) is 3.10. The van der Waals surface area contributed by atoms with Crippen LogP contribution in [0, 0.1) is 0 Å². The molecule has 0 saturated carbocycles. The SMILES string of the molecule is COc1ccc(CCC(=O)Nc2cc(Cl)ccc2N2CCCC2)cc1. The van der Waals surface area contributed by atoms with Crippen molar-refractivity contribution >= 4 is 28.9 Å². The van der Waals surface area contributed by atoms with Gasteiger partial charge in [-0.25, -0.2) is 0 Å². The molecule has 2 aromatic carbocycles. The van der Waals surface area contributed by atoms with Crippen LogP contribution in [0.3, 0.4) is 0 Å². The minimum Gasteiger partial charge on any atom is -0.497 e. The third kappa shape index (κ3) is 4.67. The van der Waals surface area contributed by atoms with E-state index in [2.05, 4.69) is 10.2 Å². The number of anilines is 2. The second-order valence-corrected chi connectivity index (χ2v) is 6.69. The Morgan fingerprint density at radius 1 is 1.16 bits per heavy atom. The molecule has 1 aliphatic rings. The average molecular weight is 359 g/mol. The highest BCUT2D eigenvalue weighted by Gasteiger charge is 2.17. The van der Waals surface area contributed by atoms with Crippen molar-refractivity contribution in [3.63, 3.8) is 0 Å². The lowest BCUT2D eigenvalue weighted by molar-refractivity contribution is -0.116. The highest BCUT2D eigenvalue weighted by atomic mass is 35.5. The van der Waals surface area contributed by atoms with Crippen molar-refractivity contribution in [2.45, 2.75) is 25.7 Å². The van der Waals surface area contributed by atoms with Gasteiger partial charge in [0.1, 0.15) is 5.75 Å². The summed E-state index contributed by atoms with van der Waals surface area (Å²) in [6.45, 7) is 2.05. The fraction of sp³-hybridized carbons (Fsp3) is 0.350. The fourth-order valence-corrected chi connectivity index (χ4v) is 3.28. The molecule has 25 heavy (non-hydrogen) atoms. The van der Waals surface area contributed by atoms with Crippen molar-refractivity contribution < 1.29 is 9.53 Å². The molecule has 1 heterocycles. The van der Waals surface area contributed by atoms with E-state index in [1.807, 2.05) is 42.5 Å². The predicted octanol–water partition coefficient (Wildman–Crippen LogP) is 4.52. The molecule has 1 saturated heterocycles. The summed E-state index contributed by atoms with van der Waals surface area (Å²) in [7, 11) is 1.64. The maximum absolute atomic E-state index is 12.4. The predicted molar refractivity (Wildman–Crippen MR) is 103 cm³/mol. The van der Waals surface area contributed by atoms with Gasteiger partial charge in [0.05, 0.1) is 18.5 Å². The molecule has 0 bridgehead atoms. The standard InChI is InChI=1S/C20H23ClN2O2/c1-25-17-8-4-15(5-9-17)6-11-20(24)22-18-14-16(21)7-10-19(18)23-12-2-3-13-23/h4-5,7-10,14H,2-3,6,11-13H2,1H3,(H,22,24). The lowest BCUT2D eigenvalue weighted by Crippen LogP contribution is -2.21. The molecule has 1 N–H and O–H groups in total. The molecule has 4 nitrogen and oxygen atoms in total. The van der Waals surface area contributed by atoms with Crippen LogP contribution in [0.1, 0.15) is 24.8 Å². The first-order valence-corrected chi connectivity index (χ1v) is 9.01. The highest BCUT2D eigenvalue weighted by Crippen LogP contribution is 2.31. The summed E-state index contributed by atoms with van der Waals surface area (Å²) >= 11 is 6.13. The molecule has 0 atom stereocenters. The first-order valence-electron chi connectivity index (χ1n) is 8.63. The number of carbonyl (C=O) groups excluding carboxylic acids is 1. The maximum Gasteiger partial charge on any atom is 0.224 e. The highest BCUT2D eigenvalue weighted by molar-refractivity contribution is 6.31. The van der Waals surface area contributed by atoms with Crippen molar-refractivity contribution in [2.75, 3.05) is 30.4 Å². The van der Waals surface area contributed by atoms with E-state index in [1.165, 1.54) is 12.8 Å². The van der Waals surface area contributed by atoms with Crippen LogP contribution in [0.5, 0.6) is 5.75 Å². The molecule has 132 valence electrons. The summed E-state index contributed by atoms with van der Waals surface area (Å²) in [4.78, 5) is 14.7. The summed E-state index contributed by atoms with van der Waals surface area (Å²) in [5.41, 5.74) is 2.97. The Balaban J connectivity index is 1.62. The Labute approximate surface area is 153 Å².